The van der Waals surface area contributed by atoms with Crippen molar-refractivity contribution in [3.63, 3.8) is 0 Å². The summed E-state index contributed by atoms with van der Waals surface area (Å²) in [5.74, 6) is 0. The Hall–Kier alpha value is -0.470. The lowest BCUT2D eigenvalue weighted by Crippen LogP contribution is -2.45. The van der Waals surface area contributed by atoms with Crippen LogP contribution in [0.3, 0.4) is 0 Å². The van der Waals surface area contributed by atoms with E-state index in [0.717, 1.165) is 25.5 Å². The van der Waals surface area contributed by atoms with Gasteiger partial charge in [0.05, 0.1) is 6.26 Å². The summed E-state index contributed by atoms with van der Waals surface area (Å²) in [5, 5.41) is 26.9. The maximum absolute atomic E-state index is 10.2. The number of nitrogens with zero attached hydrogens (tertiary/aromatic N) is 1. The van der Waals surface area contributed by atoms with Crippen LogP contribution in [0.15, 0.2) is 12.3 Å². The summed E-state index contributed by atoms with van der Waals surface area (Å²) in [5.41, 5.74) is 0. The van der Waals surface area contributed by atoms with Gasteiger partial charge in [-0.15, -0.1) is 0 Å². The highest BCUT2D eigenvalue weighted by Crippen LogP contribution is 2.35. The van der Waals surface area contributed by atoms with Crippen LogP contribution in [0.5, 0.6) is 0 Å². The molecule has 3 unspecified atom stereocenters. The molecule has 8 nitrogen and oxygen atoms in total. The second kappa shape index (κ2) is 13.9. The first kappa shape index (κ1) is 24.8. The molecule has 0 rings (SSSR count). The van der Waals surface area contributed by atoms with E-state index in [1.807, 2.05) is 0 Å². The Morgan fingerprint density at radius 1 is 1.00 bits per heavy atom. The van der Waals surface area contributed by atoms with Crippen molar-refractivity contribution in [1.82, 2.24) is 4.90 Å². The molecule has 0 spiro atoms. The van der Waals surface area contributed by atoms with E-state index < -0.39 is 26.5 Å². The van der Waals surface area contributed by atoms with Crippen LogP contribution >= 0.6 is 7.82 Å². The van der Waals surface area contributed by atoms with Gasteiger partial charge in [0.25, 0.3) is 0 Å². The lowest BCUT2D eigenvalue weighted by atomic mass is 10.2. The molecule has 0 amide bonds. The van der Waals surface area contributed by atoms with Crippen LogP contribution in [-0.2, 0) is 9.09 Å². The summed E-state index contributed by atoms with van der Waals surface area (Å²) in [6.07, 6.45) is 5.59. The fourth-order valence-corrected chi connectivity index (χ4v) is 2.06. The van der Waals surface area contributed by atoms with Crippen LogP contribution in [-0.4, -0.2) is 48.7 Å². The Morgan fingerprint density at radius 2 is 1.48 bits per heavy atom. The standard InChI is InChI=1S/C8H17O4P.C6H15NO3/c1-2-3-4-5-6-7-8-12-13(9,10)11;1-4(8)7(5(2)9)6(3)10/h7-8H,2-6H2,1H3,(H2,9,10,11);4-6,8-10H,1-3H3. The van der Waals surface area contributed by atoms with E-state index in [4.69, 9.17) is 25.1 Å². The van der Waals surface area contributed by atoms with Gasteiger partial charge in [-0.25, -0.2) is 9.46 Å². The number of phosphoric ester groups is 1. The number of rotatable bonds is 10. The molecule has 0 radical (unpaired) electrons. The van der Waals surface area contributed by atoms with Gasteiger partial charge in [0, 0.05) is 0 Å². The van der Waals surface area contributed by atoms with Crippen molar-refractivity contribution in [2.45, 2.75) is 78.5 Å². The smallest absolute Gasteiger partial charge is 0.413 e. The lowest BCUT2D eigenvalue weighted by molar-refractivity contribution is -0.159. The van der Waals surface area contributed by atoms with Gasteiger partial charge in [-0.05, 0) is 39.7 Å². The number of allylic oxidation sites excluding steroid dienone is 1. The Labute approximate surface area is 138 Å². The first-order valence-corrected chi connectivity index (χ1v) is 9.26. The molecule has 0 aliphatic rings. The number of aliphatic hydroxyl groups is 3. The summed E-state index contributed by atoms with van der Waals surface area (Å²) in [4.78, 5) is 17.8. The predicted octanol–water partition coefficient (Wildman–Crippen LogP) is 1.88. The first-order valence-electron chi connectivity index (χ1n) is 7.73. The maximum Gasteiger partial charge on any atom is 0.524 e. The third-order valence-electron chi connectivity index (χ3n) is 2.81. The van der Waals surface area contributed by atoms with Gasteiger partial charge >= 0.3 is 7.82 Å². The summed E-state index contributed by atoms with van der Waals surface area (Å²) >= 11 is 0. The Bertz CT molecular complexity index is 323. The van der Waals surface area contributed by atoms with Gasteiger partial charge in [-0.2, -0.15) is 0 Å². The maximum atomic E-state index is 10.2. The molecule has 140 valence electrons. The van der Waals surface area contributed by atoms with Crippen molar-refractivity contribution >= 4 is 7.82 Å². The van der Waals surface area contributed by atoms with Crippen molar-refractivity contribution < 1.29 is 34.2 Å². The highest BCUT2D eigenvalue weighted by atomic mass is 31.2. The second-order valence-electron chi connectivity index (χ2n) is 5.16. The van der Waals surface area contributed by atoms with E-state index in [9.17, 15) is 4.57 Å². The fourth-order valence-electron chi connectivity index (χ4n) is 1.82. The third-order valence-corrected chi connectivity index (χ3v) is 3.21. The van der Waals surface area contributed by atoms with Crippen molar-refractivity contribution in [3.05, 3.63) is 12.3 Å². The molecule has 0 aliphatic heterocycles. The van der Waals surface area contributed by atoms with Crippen LogP contribution in [0.25, 0.3) is 0 Å². The second-order valence-corrected chi connectivity index (χ2v) is 6.35. The number of hydrogen-bond donors (Lipinski definition) is 5. The number of hydrogen-bond acceptors (Lipinski definition) is 6. The molecule has 23 heavy (non-hydrogen) atoms. The lowest BCUT2D eigenvalue weighted by Gasteiger charge is -2.30. The van der Waals surface area contributed by atoms with Crippen LogP contribution < -0.4 is 0 Å². The summed E-state index contributed by atoms with van der Waals surface area (Å²) in [7, 11) is -4.31. The summed E-state index contributed by atoms with van der Waals surface area (Å²) in [6.45, 7) is 6.59. The van der Waals surface area contributed by atoms with Crippen LogP contribution in [0.2, 0.25) is 0 Å². The molecule has 0 aliphatic carbocycles. The third kappa shape index (κ3) is 17.7. The minimum atomic E-state index is -4.31. The van der Waals surface area contributed by atoms with E-state index in [0.29, 0.717) is 0 Å². The van der Waals surface area contributed by atoms with E-state index in [2.05, 4.69) is 11.4 Å². The topological polar surface area (TPSA) is 131 Å². The van der Waals surface area contributed by atoms with Crippen molar-refractivity contribution in [3.8, 4) is 0 Å². The molecule has 5 N–H and O–H groups in total. The van der Waals surface area contributed by atoms with E-state index in [1.54, 1.807) is 6.08 Å². The highest BCUT2D eigenvalue weighted by Gasteiger charge is 2.20. The van der Waals surface area contributed by atoms with Crippen molar-refractivity contribution in [2.75, 3.05) is 0 Å². The monoisotopic (exact) mass is 357 g/mol. The number of phosphoric acid groups is 1. The molecule has 0 heterocycles. The number of unbranched alkanes of at least 4 members (excludes halogenated alkanes) is 4. The van der Waals surface area contributed by atoms with Gasteiger partial charge in [0.1, 0.15) is 18.7 Å². The fraction of sp³-hybridized carbons (Fsp3) is 0.857. The van der Waals surface area contributed by atoms with Crippen molar-refractivity contribution in [1.29, 1.82) is 0 Å². The molecular weight excluding hydrogens is 325 g/mol. The molecule has 0 saturated carbocycles. The van der Waals surface area contributed by atoms with Gasteiger partial charge in [-0.3, -0.25) is 9.79 Å². The van der Waals surface area contributed by atoms with Gasteiger partial charge < -0.3 is 19.8 Å². The average Bonchev–Trinajstić information content (AvgIpc) is 2.35. The Kier molecular flexibility index (Phi) is 15.0. The predicted molar refractivity (Wildman–Crippen MR) is 87.9 cm³/mol. The first-order chi connectivity index (χ1) is 10.5. The molecule has 0 bridgehead atoms. The van der Waals surface area contributed by atoms with Crippen LogP contribution in [0, 0.1) is 0 Å². The normalized spacial score (nSPS) is 15.9. The Balaban J connectivity index is 0. The molecule has 0 fully saturated rings. The SMILES string of the molecule is CC(O)N(C(C)O)C(C)O.CCCCCCC=COP(=O)(O)O. The minimum Gasteiger partial charge on any atom is -0.413 e. The molecule has 3 atom stereocenters. The Morgan fingerprint density at radius 3 is 1.78 bits per heavy atom. The average molecular weight is 357 g/mol. The zero-order valence-electron chi connectivity index (χ0n) is 14.4. The molecule has 0 saturated heterocycles. The van der Waals surface area contributed by atoms with Gasteiger partial charge in [0.15, 0.2) is 0 Å². The van der Waals surface area contributed by atoms with E-state index in [1.165, 1.54) is 38.5 Å². The van der Waals surface area contributed by atoms with Crippen LogP contribution in [0.1, 0.15) is 59.8 Å². The minimum absolute atomic E-state index is 0.806. The largest absolute Gasteiger partial charge is 0.524 e. The molecule has 0 aromatic heterocycles. The molecule has 9 heteroatoms. The summed E-state index contributed by atoms with van der Waals surface area (Å²) < 4.78 is 14.3. The zero-order valence-corrected chi connectivity index (χ0v) is 15.3. The zero-order chi connectivity index (χ0) is 18.5. The quantitative estimate of drug-likeness (QED) is 0.173. The van der Waals surface area contributed by atoms with E-state index in [-0.39, 0.29) is 0 Å². The molecule has 0 aromatic rings. The van der Waals surface area contributed by atoms with E-state index >= 15 is 0 Å². The number of aliphatic hydroxyl groups excluding tert-OH is 3. The molecule has 0 aromatic carbocycles. The van der Waals surface area contributed by atoms with Crippen LogP contribution in [0.4, 0.5) is 0 Å². The van der Waals surface area contributed by atoms with Gasteiger partial charge in [0.2, 0.25) is 0 Å². The van der Waals surface area contributed by atoms with Crippen molar-refractivity contribution in [2.24, 2.45) is 0 Å². The highest BCUT2D eigenvalue weighted by molar-refractivity contribution is 7.46. The summed E-state index contributed by atoms with van der Waals surface area (Å²) in [6, 6.07) is 0. The van der Waals surface area contributed by atoms with Gasteiger partial charge in [-0.1, -0.05) is 26.2 Å². The molecular formula is C14H32NO7P.